The maximum Gasteiger partial charge on any atom is 0.406 e. The van der Waals surface area contributed by atoms with Crippen molar-refractivity contribution in [2.75, 3.05) is 46.9 Å². The summed E-state index contributed by atoms with van der Waals surface area (Å²) < 4.78 is 24.7. The number of hydrogen-bond acceptors (Lipinski definition) is 6. The summed E-state index contributed by atoms with van der Waals surface area (Å²) in [5, 5.41) is 19.6. The maximum absolute atomic E-state index is 14.0. The van der Waals surface area contributed by atoms with Gasteiger partial charge in [-0.15, -0.1) is 0 Å². The lowest BCUT2D eigenvalue weighted by molar-refractivity contribution is -0.00936. The summed E-state index contributed by atoms with van der Waals surface area (Å²) in [4.78, 5) is 26.4. The second-order valence-electron chi connectivity index (χ2n) is 9.76. The highest BCUT2D eigenvalue weighted by Gasteiger charge is 2.34. The fraction of sp³-hybridized carbons (Fsp3) is 0.692. The number of urea groups is 1. The number of methoxy groups -OCH3 is 1. The van der Waals surface area contributed by atoms with E-state index in [4.69, 9.17) is 4.74 Å². The number of ether oxygens (including phenoxy) is 2. The number of halogens is 1. The Labute approximate surface area is 213 Å². The molecule has 36 heavy (non-hydrogen) atoms. The second kappa shape index (κ2) is 14.3. The minimum Gasteiger partial charge on any atom is -0.453 e. The molecule has 1 heterocycles. The van der Waals surface area contributed by atoms with Crippen molar-refractivity contribution in [2.45, 2.75) is 56.8 Å². The minimum atomic E-state index is -0.588. The zero-order chi connectivity index (χ0) is 25.9. The first-order valence-electron chi connectivity index (χ1n) is 13.0. The minimum absolute atomic E-state index is 0.0491. The SMILES string of the molecule is CNCC(NC(=O)N1CCCC(C(OCCNC(=O)OC)c2cccc(F)c2)C1)C(O)C1CCCC1. The molecule has 4 unspecified atom stereocenters. The number of carbonyl (C=O) groups excluding carboxylic acids is 2. The van der Waals surface area contributed by atoms with Crippen molar-refractivity contribution in [2.24, 2.45) is 11.8 Å². The van der Waals surface area contributed by atoms with E-state index >= 15 is 0 Å². The van der Waals surface area contributed by atoms with Crippen LogP contribution in [0.2, 0.25) is 0 Å². The predicted molar refractivity (Wildman–Crippen MR) is 134 cm³/mol. The van der Waals surface area contributed by atoms with Gasteiger partial charge in [0.15, 0.2) is 0 Å². The molecule has 0 bridgehead atoms. The molecule has 4 N–H and O–H groups in total. The van der Waals surface area contributed by atoms with Crippen molar-refractivity contribution in [1.29, 1.82) is 0 Å². The Hall–Kier alpha value is -2.43. The zero-order valence-corrected chi connectivity index (χ0v) is 21.4. The summed E-state index contributed by atoms with van der Waals surface area (Å²) in [6, 6.07) is 5.73. The van der Waals surface area contributed by atoms with Crippen LogP contribution in [0.3, 0.4) is 0 Å². The third kappa shape index (κ3) is 8.04. The number of likely N-dealkylation sites (N-methyl/N-ethyl adjacent to an activating group) is 1. The van der Waals surface area contributed by atoms with E-state index in [1.165, 1.54) is 19.2 Å². The van der Waals surface area contributed by atoms with E-state index in [-0.39, 0.29) is 42.9 Å². The molecule has 2 aliphatic rings. The average Bonchev–Trinajstić information content (AvgIpc) is 3.43. The lowest BCUT2D eigenvalue weighted by Gasteiger charge is -2.38. The van der Waals surface area contributed by atoms with Crippen molar-refractivity contribution < 1.29 is 28.6 Å². The number of nitrogens with zero attached hydrogens (tertiary/aromatic N) is 1. The van der Waals surface area contributed by atoms with E-state index < -0.39 is 18.3 Å². The number of benzene rings is 1. The largest absolute Gasteiger partial charge is 0.453 e. The molecule has 1 aliphatic heterocycles. The summed E-state index contributed by atoms with van der Waals surface area (Å²) in [5.74, 6) is -0.191. The van der Waals surface area contributed by atoms with Gasteiger partial charge in [0, 0.05) is 32.1 Å². The number of alkyl carbamates (subject to hydrolysis) is 1. The highest BCUT2D eigenvalue weighted by Crippen LogP contribution is 2.33. The van der Waals surface area contributed by atoms with E-state index in [0.29, 0.717) is 25.2 Å². The van der Waals surface area contributed by atoms with Crippen LogP contribution in [0.25, 0.3) is 0 Å². The molecular formula is C26H41FN4O5. The molecule has 1 saturated carbocycles. The smallest absolute Gasteiger partial charge is 0.406 e. The number of aliphatic hydroxyl groups is 1. The fourth-order valence-corrected chi connectivity index (χ4v) is 5.40. The molecule has 0 aromatic heterocycles. The monoisotopic (exact) mass is 508 g/mol. The molecule has 1 aromatic carbocycles. The quantitative estimate of drug-likeness (QED) is 0.342. The van der Waals surface area contributed by atoms with E-state index in [1.54, 1.807) is 11.0 Å². The molecule has 0 spiro atoms. The molecule has 3 rings (SSSR count). The third-order valence-electron chi connectivity index (χ3n) is 7.23. The normalized spacial score (nSPS) is 21.0. The number of hydrogen-bond donors (Lipinski definition) is 4. The molecule has 1 saturated heterocycles. The predicted octanol–water partition coefficient (Wildman–Crippen LogP) is 2.80. The standard InChI is InChI=1S/C26H41FN4O5/c1-28-16-22(23(32)18-7-3-4-8-18)30-25(33)31-13-6-10-20(17-31)24(19-9-5-11-21(27)15-19)36-14-12-29-26(34)35-2/h5,9,11,15,18,20,22-24,28,32H,3-4,6-8,10,12-14,16-17H2,1-2H3,(H,29,34)(H,30,33). The highest BCUT2D eigenvalue weighted by molar-refractivity contribution is 5.74. The van der Waals surface area contributed by atoms with Gasteiger partial charge in [0.05, 0.1) is 32.0 Å². The van der Waals surface area contributed by atoms with Crippen molar-refractivity contribution in [3.8, 4) is 0 Å². The Morgan fingerprint density at radius 3 is 2.64 bits per heavy atom. The van der Waals surface area contributed by atoms with Crippen LogP contribution in [0, 0.1) is 17.7 Å². The van der Waals surface area contributed by atoms with Gasteiger partial charge in [-0.2, -0.15) is 0 Å². The molecule has 3 amide bonds. The Balaban J connectivity index is 1.65. The summed E-state index contributed by atoms with van der Waals surface area (Å²) in [6.45, 7) is 2.01. The lowest BCUT2D eigenvalue weighted by Crippen LogP contribution is -2.56. The van der Waals surface area contributed by atoms with E-state index in [1.807, 2.05) is 13.1 Å². The van der Waals surface area contributed by atoms with Crippen LogP contribution in [0.1, 0.15) is 50.2 Å². The first-order chi connectivity index (χ1) is 17.4. The van der Waals surface area contributed by atoms with E-state index in [2.05, 4.69) is 20.7 Å². The number of carbonyl (C=O) groups is 2. The van der Waals surface area contributed by atoms with Crippen molar-refractivity contribution in [3.05, 3.63) is 35.6 Å². The molecule has 10 heteroatoms. The Kier molecular flexibility index (Phi) is 11.2. The molecule has 0 radical (unpaired) electrons. The van der Waals surface area contributed by atoms with Crippen molar-refractivity contribution >= 4 is 12.1 Å². The van der Waals surface area contributed by atoms with E-state index in [9.17, 15) is 19.1 Å². The molecule has 202 valence electrons. The van der Waals surface area contributed by atoms with Crippen LogP contribution in [0.15, 0.2) is 24.3 Å². The number of amides is 3. The number of likely N-dealkylation sites (tertiary alicyclic amines) is 1. The Bertz CT molecular complexity index is 838. The average molecular weight is 509 g/mol. The molecule has 2 fully saturated rings. The van der Waals surface area contributed by atoms with Gasteiger partial charge in [0.2, 0.25) is 0 Å². The van der Waals surface area contributed by atoms with Gasteiger partial charge >= 0.3 is 12.1 Å². The van der Waals surface area contributed by atoms with Crippen LogP contribution >= 0.6 is 0 Å². The number of nitrogens with one attached hydrogen (secondary N) is 3. The van der Waals surface area contributed by atoms with Gasteiger partial charge in [-0.1, -0.05) is 25.0 Å². The summed E-state index contributed by atoms with van der Waals surface area (Å²) >= 11 is 0. The molecule has 1 aliphatic carbocycles. The summed E-state index contributed by atoms with van der Waals surface area (Å²) in [6.07, 6.45) is 4.25. The first kappa shape index (κ1) is 28.1. The van der Waals surface area contributed by atoms with Crippen molar-refractivity contribution in [1.82, 2.24) is 20.9 Å². The molecule has 4 atom stereocenters. The van der Waals surface area contributed by atoms with Gasteiger partial charge in [0.25, 0.3) is 0 Å². The topological polar surface area (TPSA) is 112 Å². The van der Waals surface area contributed by atoms with Gasteiger partial charge in [-0.3, -0.25) is 0 Å². The van der Waals surface area contributed by atoms with Crippen LogP contribution in [0.5, 0.6) is 0 Å². The Morgan fingerprint density at radius 1 is 1.19 bits per heavy atom. The van der Waals surface area contributed by atoms with Gasteiger partial charge in [-0.05, 0) is 56.3 Å². The van der Waals surface area contributed by atoms with Crippen LogP contribution in [0.4, 0.5) is 14.0 Å². The van der Waals surface area contributed by atoms with Crippen LogP contribution in [-0.2, 0) is 9.47 Å². The summed E-state index contributed by atoms with van der Waals surface area (Å²) in [7, 11) is 3.11. The summed E-state index contributed by atoms with van der Waals surface area (Å²) in [5.41, 5.74) is 0.699. The number of piperidine rings is 1. The Morgan fingerprint density at radius 2 is 1.94 bits per heavy atom. The fourth-order valence-electron chi connectivity index (χ4n) is 5.40. The van der Waals surface area contributed by atoms with Gasteiger partial charge < -0.3 is 35.4 Å². The van der Waals surface area contributed by atoms with E-state index in [0.717, 1.165) is 38.5 Å². The maximum atomic E-state index is 14.0. The molecule has 1 aromatic rings. The van der Waals surface area contributed by atoms with Crippen molar-refractivity contribution in [3.63, 3.8) is 0 Å². The van der Waals surface area contributed by atoms with Gasteiger partial charge in [0.1, 0.15) is 5.82 Å². The highest BCUT2D eigenvalue weighted by atomic mass is 19.1. The second-order valence-corrected chi connectivity index (χ2v) is 9.76. The van der Waals surface area contributed by atoms with Crippen LogP contribution in [-0.4, -0.2) is 81.2 Å². The van der Waals surface area contributed by atoms with Gasteiger partial charge in [-0.25, -0.2) is 14.0 Å². The lowest BCUT2D eigenvalue weighted by atomic mass is 9.88. The molecule has 9 nitrogen and oxygen atoms in total. The first-order valence-corrected chi connectivity index (χ1v) is 13.0. The number of aliphatic hydroxyl groups excluding tert-OH is 1. The third-order valence-corrected chi connectivity index (χ3v) is 7.23. The molecular weight excluding hydrogens is 467 g/mol. The van der Waals surface area contributed by atoms with Crippen LogP contribution < -0.4 is 16.0 Å². The number of rotatable bonds is 11. The zero-order valence-electron chi connectivity index (χ0n) is 21.4.